The Hall–Kier alpha value is -1.43. The van der Waals surface area contributed by atoms with Crippen molar-refractivity contribution in [3.8, 4) is 0 Å². The van der Waals surface area contributed by atoms with Gasteiger partial charge >= 0.3 is 5.97 Å². The van der Waals surface area contributed by atoms with Crippen LogP contribution in [0.1, 0.15) is 37.7 Å². The number of carbonyl (C=O) groups excluding carboxylic acids is 1. The van der Waals surface area contributed by atoms with Crippen LogP contribution in [0.5, 0.6) is 0 Å². The Morgan fingerprint density at radius 2 is 2.16 bits per heavy atom. The Bertz CT molecular complexity index is 460. The summed E-state index contributed by atoms with van der Waals surface area (Å²) in [5.41, 5.74) is 0. The van der Waals surface area contributed by atoms with Gasteiger partial charge in [0.15, 0.2) is 0 Å². The maximum atomic E-state index is 12.2. The first-order valence-electron chi connectivity index (χ1n) is 6.41. The Morgan fingerprint density at radius 1 is 1.47 bits per heavy atom. The largest absolute Gasteiger partial charge is 0.481 e. The van der Waals surface area contributed by atoms with Gasteiger partial charge < -0.3 is 10.4 Å². The number of nitrogens with one attached hydrogen (secondary N) is 1. The van der Waals surface area contributed by atoms with Crippen LogP contribution in [-0.4, -0.2) is 22.0 Å². The lowest BCUT2D eigenvalue weighted by Gasteiger charge is -2.18. The predicted molar refractivity (Wildman–Crippen MR) is 71.7 cm³/mol. The second-order valence-electron chi connectivity index (χ2n) is 5.23. The van der Waals surface area contributed by atoms with Crippen molar-refractivity contribution in [3.05, 3.63) is 16.6 Å². The molecular weight excluding hydrogens is 264 g/mol. The van der Waals surface area contributed by atoms with Crippen molar-refractivity contribution in [3.63, 3.8) is 0 Å². The Balaban J connectivity index is 2.01. The summed E-state index contributed by atoms with van der Waals surface area (Å²) in [6, 6.07) is -0.169. The maximum absolute atomic E-state index is 12.2. The molecule has 2 N–H and O–H groups in total. The third-order valence-electron chi connectivity index (χ3n) is 3.63. The first-order valence-corrected chi connectivity index (χ1v) is 7.29. The molecule has 104 valence electrons. The molecule has 4 unspecified atom stereocenters. The van der Waals surface area contributed by atoms with Crippen molar-refractivity contribution >= 4 is 23.2 Å². The number of carbonyl (C=O) groups is 2. The fourth-order valence-electron chi connectivity index (χ4n) is 2.68. The zero-order chi connectivity index (χ0) is 14.0. The normalized spacial score (nSPS) is 28.0. The predicted octanol–water partition coefficient (Wildman–Crippen LogP) is 2.07. The Morgan fingerprint density at radius 3 is 2.74 bits per heavy atom. The van der Waals surface area contributed by atoms with Crippen LogP contribution >= 0.6 is 11.3 Å². The summed E-state index contributed by atoms with van der Waals surface area (Å²) in [7, 11) is 0. The quantitative estimate of drug-likeness (QED) is 0.886. The summed E-state index contributed by atoms with van der Waals surface area (Å²) in [5.74, 6) is -1.73. The summed E-state index contributed by atoms with van der Waals surface area (Å²) in [4.78, 5) is 27.6. The van der Waals surface area contributed by atoms with Crippen molar-refractivity contribution in [1.82, 2.24) is 10.3 Å². The van der Waals surface area contributed by atoms with E-state index in [0.717, 1.165) is 5.01 Å². The highest BCUT2D eigenvalue weighted by atomic mass is 32.1. The molecule has 1 saturated carbocycles. The molecule has 1 amide bonds. The molecule has 19 heavy (non-hydrogen) atoms. The molecule has 0 aliphatic heterocycles. The smallest absolute Gasteiger partial charge is 0.307 e. The topological polar surface area (TPSA) is 79.3 Å². The average molecular weight is 282 g/mol. The van der Waals surface area contributed by atoms with E-state index in [1.54, 1.807) is 6.20 Å². The third kappa shape index (κ3) is 3.12. The zero-order valence-corrected chi connectivity index (χ0v) is 11.8. The van der Waals surface area contributed by atoms with E-state index in [1.807, 2.05) is 19.2 Å². The standard InChI is InChI=1S/C13H18N2O3S/c1-7-5-9(10(6-7)13(17)18)11(16)15-8(2)12-14-3-4-19-12/h3-4,7-10H,5-6H2,1-2H3,(H,15,16)(H,17,18). The molecule has 2 rings (SSSR count). The van der Waals surface area contributed by atoms with E-state index in [2.05, 4.69) is 10.3 Å². The van der Waals surface area contributed by atoms with Gasteiger partial charge in [0.1, 0.15) is 5.01 Å². The van der Waals surface area contributed by atoms with Crippen molar-refractivity contribution in [2.45, 2.75) is 32.7 Å². The van der Waals surface area contributed by atoms with E-state index in [9.17, 15) is 14.7 Å². The van der Waals surface area contributed by atoms with Crippen LogP contribution in [0.25, 0.3) is 0 Å². The van der Waals surface area contributed by atoms with E-state index >= 15 is 0 Å². The molecule has 1 fully saturated rings. The molecule has 1 aliphatic rings. The summed E-state index contributed by atoms with van der Waals surface area (Å²) in [5, 5.41) is 14.7. The molecule has 0 saturated heterocycles. The second kappa shape index (κ2) is 5.69. The molecule has 4 atom stereocenters. The molecule has 0 bridgehead atoms. The number of aromatic nitrogens is 1. The van der Waals surface area contributed by atoms with Crippen molar-refractivity contribution in [2.75, 3.05) is 0 Å². The Labute approximate surface area is 116 Å². The fourth-order valence-corrected chi connectivity index (χ4v) is 3.33. The summed E-state index contributed by atoms with van der Waals surface area (Å²) in [6.45, 7) is 3.86. The lowest BCUT2D eigenvalue weighted by molar-refractivity contribution is -0.146. The van der Waals surface area contributed by atoms with Crippen LogP contribution in [0, 0.1) is 17.8 Å². The number of rotatable bonds is 4. The second-order valence-corrected chi connectivity index (χ2v) is 6.15. The fraction of sp³-hybridized carbons (Fsp3) is 0.615. The number of nitrogens with zero attached hydrogens (tertiary/aromatic N) is 1. The number of hydrogen-bond donors (Lipinski definition) is 2. The number of aliphatic carboxylic acids is 1. The van der Waals surface area contributed by atoms with Crippen molar-refractivity contribution in [1.29, 1.82) is 0 Å². The highest BCUT2D eigenvalue weighted by molar-refractivity contribution is 7.09. The van der Waals surface area contributed by atoms with Crippen molar-refractivity contribution < 1.29 is 14.7 Å². The molecule has 0 spiro atoms. The monoisotopic (exact) mass is 282 g/mol. The van der Waals surface area contributed by atoms with Gasteiger partial charge in [0, 0.05) is 11.6 Å². The van der Waals surface area contributed by atoms with Gasteiger partial charge in [-0.3, -0.25) is 9.59 Å². The van der Waals surface area contributed by atoms with E-state index in [4.69, 9.17) is 0 Å². The average Bonchev–Trinajstić information content (AvgIpc) is 2.96. The van der Waals surface area contributed by atoms with Crippen LogP contribution in [0.15, 0.2) is 11.6 Å². The van der Waals surface area contributed by atoms with Crippen molar-refractivity contribution in [2.24, 2.45) is 17.8 Å². The lowest BCUT2D eigenvalue weighted by Crippen LogP contribution is -2.36. The van der Waals surface area contributed by atoms with Gasteiger partial charge in [-0.05, 0) is 25.7 Å². The van der Waals surface area contributed by atoms with Gasteiger partial charge in [-0.1, -0.05) is 6.92 Å². The lowest BCUT2D eigenvalue weighted by atomic mass is 9.95. The molecule has 1 heterocycles. The van der Waals surface area contributed by atoms with Gasteiger partial charge in [0.05, 0.1) is 17.9 Å². The van der Waals surface area contributed by atoms with Gasteiger partial charge in [-0.2, -0.15) is 0 Å². The third-order valence-corrected chi connectivity index (χ3v) is 4.59. The summed E-state index contributed by atoms with van der Waals surface area (Å²) >= 11 is 1.48. The van der Waals surface area contributed by atoms with E-state index in [1.165, 1.54) is 11.3 Å². The molecule has 1 aliphatic carbocycles. The van der Waals surface area contributed by atoms with Crippen LogP contribution in [-0.2, 0) is 9.59 Å². The molecule has 5 nitrogen and oxygen atoms in total. The van der Waals surface area contributed by atoms with Gasteiger partial charge in [-0.25, -0.2) is 4.98 Å². The molecular formula is C13H18N2O3S. The first-order chi connectivity index (χ1) is 8.99. The maximum Gasteiger partial charge on any atom is 0.307 e. The summed E-state index contributed by atoms with van der Waals surface area (Å²) < 4.78 is 0. The molecule has 1 aromatic heterocycles. The van der Waals surface area contributed by atoms with Gasteiger partial charge in [-0.15, -0.1) is 11.3 Å². The zero-order valence-electron chi connectivity index (χ0n) is 11.0. The minimum atomic E-state index is -0.869. The number of carboxylic acid groups (broad SMARTS) is 1. The number of thiazole rings is 1. The molecule has 0 aromatic carbocycles. The highest BCUT2D eigenvalue weighted by Gasteiger charge is 2.41. The number of amides is 1. The Kier molecular flexibility index (Phi) is 4.19. The van der Waals surface area contributed by atoms with Gasteiger partial charge in [0.25, 0.3) is 0 Å². The van der Waals surface area contributed by atoms with Crippen LogP contribution in [0.2, 0.25) is 0 Å². The van der Waals surface area contributed by atoms with E-state index < -0.39 is 17.8 Å². The van der Waals surface area contributed by atoms with E-state index in [0.29, 0.717) is 12.8 Å². The first kappa shape index (κ1) is 14.0. The minimum absolute atomic E-state index is 0.167. The molecule has 6 heteroatoms. The molecule has 1 aromatic rings. The molecule has 0 radical (unpaired) electrons. The van der Waals surface area contributed by atoms with Crippen LogP contribution in [0.4, 0.5) is 0 Å². The van der Waals surface area contributed by atoms with Crippen LogP contribution in [0.3, 0.4) is 0 Å². The summed E-state index contributed by atoms with van der Waals surface area (Å²) in [6.07, 6.45) is 2.92. The van der Waals surface area contributed by atoms with Crippen LogP contribution < -0.4 is 5.32 Å². The highest BCUT2D eigenvalue weighted by Crippen LogP contribution is 2.36. The van der Waals surface area contributed by atoms with E-state index in [-0.39, 0.29) is 17.9 Å². The minimum Gasteiger partial charge on any atom is -0.481 e. The number of carboxylic acids is 1. The number of hydrogen-bond acceptors (Lipinski definition) is 4. The van der Waals surface area contributed by atoms with Gasteiger partial charge in [0.2, 0.25) is 5.91 Å². The SMILES string of the molecule is CC1CC(C(=O)O)C(C(=O)NC(C)c2nccs2)C1.